The molecule has 5 heteroatoms. The van der Waals surface area contributed by atoms with E-state index in [1.54, 1.807) is 0 Å². The van der Waals surface area contributed by atoms with Crippen LogP contribution in [0.2, 0.25) is 0 Å². The second-order valence-corrected chi connectivity index (χ2v) is 5.36. The van der Waals surface area contributed by atoms with Gasteiger partial charge in [-0.25, -0.2) is 4.98 Å². The number of aliphatic hydroxyl groups excluding tert-OH is 1. The predicted octanol–water partition coefficient (Wildman–Crippen LogP) is 0.824. The molecule has 0 amide bonds. The molecule has 0 saturated heterocycles. The Hall–Kier alpha value is -0.910. The Morgan fingerprint density at radius 2 is 2.28 bits per heavy atom. The maximum atomic E-state index is 9.19. The Morgan fingerprint density at radius 3 is 2.83 bits per heavy atom. The first-order chi connectivity index (χ1) is 8.67. The third-order valence-electron chi connectivity index (χ3n) is 3.83. The zero-order valence-corrected chi connectivity index (χ0v) is 11.2. The molecule has 1 aliphatic carbocycles. The standard InChI is InChI=1S/C13H24N4O/c1-9(7-18)10(2)16-12(5-14)13-6-15-8-17(13)11-3-4-11/h6,8-12,16,18H,3-5,7,14H2,1-2H3. The lowest BCUT2D eigenvalue weighted by Crippen LogP contribution is -2.40. The van der Waals surface area contributed by atoms with E-state index in [9.17, 15) is 5.11 Å². The van der Waals surface area contributed by atoms with E-state index < -0.39 is 0 Å². The summed E-state index contributed by atoms with van der Waals surface area (Å²) in [4.78, 5) is 4.24. The average molecular weight is 252 g/mol. The number of hydrogen-bond acceptors (Lipinski definition) is 4. The Kier molecular flexibility index (Phi) is 4.37. The number of hydrogen-bond donors (Lipinski definition) is 3. The number of aliphatic hydroxyl groups is 1. The van der Waals surface area contributed by atoms with Gasteiger partial charge in [-0.2, -0.15) is 0 Å². The fourth-order valence-electron chi connectivity index (χ4n) is 2.16. The molecule has 0 bridgehead atoms. The normalized spacial score (nSPS) is 20.7. The van der Waals surface area contributed by atoms with Gasteiger partial charge in [0.1, 0.15) is 0 Å². The maximum absolute atomic E-state index is 9.19. The van der Waals surface area contributed by atoms with Gasteiger partial charge in [-0.15, -0.1) is 0 Å². The van der Waals surface area contributed by atoms with Gasteiger partial charge in [-0.3, -0.25) is 0 Å². The van der Waals surface area contributed by atoms with E-state index in [0.717, 1.165) is 5.69 Å². The Balaban J connectivity index is 2.05. The van der Waals surface area contributed by atoms with Crippen molar-refractivity contribution in [3.63, 3.8) is 0 Å². The predicted molar refractivity (Wildman–Crippen MR) is 71.1 cm³/mol. The molecular weight excluding hydrogens is 228 g/mol. The monoisotopic (exact) mass is 252 g/mol. The number of nitrogens with one attached hydrogen (secondary N) is 1. The van der Waals surface area contributed by atoms with E-state index in [0.29, 0.717) is 12.6 Å². The summed E-state index contributed by atoms with van der Waals surface area (Å²) in [5.41, 5.74) is 7.04. The number of nitrogens with two attached hydrogens (primary N) is 1. The van der Waals surface area contributed by atoms with Crippen molar-refractivity contribution in [3.05, 3.63) is 18.2 Å². The lowest BCUT2D eigenvalue weighted by molar-refractivity contribution is 0.200. The van der Waals surface area contributed by atoms with Crippen molar-refractivity contribution >= 4 is 0 Å². The zero-order chi connectivity index (χ0) is 13.1. The molecule has 2 rings (SSSR count). The van der Waals surface area contributed by atoms with Gasteiger partial charge in [-0.05, 0) is 25.7 Å². The van der Waals surface area contributed by atoms with Gasteiger partial charge in [0, 0.05) is 31.4 Å². The maximum Gasteiger partial charge on any atom is 0.0951 e. The second-order valence-electron chi connectivity index (χ2n) is 5.36. The smallest absolute Gasteiger partial charge is 0.0951 e. The minimum atomic E-state index is 0.108. The topological polar surface area (TPSA) is 76.1 Å². The largest absolute Gasteiger partial charge is 0.396 e. The summed E-state index contributed by atoms with van der Waals surface area (Å²) in [7, 11) is 0. The SMILES string of the molecule is CC(CO)C(C)NC(CN)c1cncn1C1CC1. The first kappa shape index (κ1) is 13.5. The van der Waals surface area contributed by atoms with Crippen LogP contribution in [-0.4, -0.2) is 33.9 Å². The highest BCUT2D eigenvalue weighted by molar-refractivity contribution is 5.10. The van der Waals surface area contributed by atoms with E-state index in [2.05, 4.69) is 21.8 Å². The highest BCUT2D eigenvalue weighted by atomic mass is 16.3. The van der Waals surface area contributed by atoms with Crippen LogP contribution in [-0.2, 0) is 0 Å². The molecule has 1 aromatic rings. The van der Waals surface area contributed by atoms with Crippen LogP contribution in [0.3, 0.4) is 0 Å². The van der Waals surface area contributed by atoms with Crippen LogP contribution in [0.25, 0.3) is 0 Å². The number of rotatable bonds is 7. The van der Waals surface area contributed by atoms with Crippen LogP contribution >= 0.6 is 0 Å². The molecule has 1 aromatic heterocycles. The molecule has 5 nitrogen and oxygen atoms in total. The number of nitrogens with zero attached hydrogens (tertiary/aromatic N) is 2. The molecule has 1 heterocycles. The van der Waals surface area contributed by atoms with Gasteiger partial charge in [0.25, 0.3) is 0 Å². The Labute approximate surface area is 108 Å². The molecule has 3 unspecified atom stereocenters. The fraction of sp³-hybridized carbons (Fsp3) is 0.769. The summed E-state index contributed by atoms with van der Waals surface area (Å²) < 4.78 is 2.24. The number of imidazole rings is 1. The van der Waals surface area contributed by atoms with E-state index in [1.807, 2.05) is 19.4 Å². The molecule has 0 aromatic carbocycles. The van der Waals surface area contributed by atoms with Crippen molar-refractivity contribution in [3.8, 4) is 0 Å². The average Bonchev–Trinajstić information content (AvgIpc) is 3.12. The first-order valence-corrected chi connectivity index (χ1v) is 6.76. The number of aromatic nitrogens is 2. The van der Waals surface area contributed by atoms with Crippen LogP contribution in [0.4, 0.5) is 0 Å². The highest BCUT2D eigenvalue weighted by Crippen LogP contribution is 2.36. The third-order valence-corrected chi connectivity index (χ3v) is 3.83. The summed E-state index contributed by atoms with van der Waals surface area (Å²) in [6, 6.07) is 0.951. The van der Waals surface area contributed by atoms with Crippen molar-refractivity contribution in [2.24, 2.45) is 11.7 Å². The van der Waals surface area contributed by atoms with Crippen LogP contribution in [0.15, 0.2) is 12.5 Å². The van der Waals surface area contributed by atoms with Gasteiger partial charge in [0.2, 0.25) is 0 Å². The molecule has 0 spiro atoms. The van der Waals surface area contributed by atoms with Crippen molar-refractivity contribution in [2.45, 2.75) is 44.8 Å². The van der Waals surface area contributed by atoms with Crippen molar-refractivity contribution < 1.29 is 5.11 Å². The van der Waals surface area contributed by atoms with Gasteiger partial charge in [0.05, 0.1) is 18.1 Å². The van der Waals surface area contributed by atoms with Crippen molar-refractivity contribution in [1.82, 2.24) is 14.9 Å². The van der Waals surface area contributed by atoms with Crippen molar-refractivity contribution in [1.29, 1.82) is 0 Å². The second kappa shape index (κ2) is 5.82. The van der Waals surface area contributed by atoms with Crippen molar-refractivity contribution in [2.75, 3.05) is 13.2 Å². The van der Waals surface area contributed by atoms with Crippen LogP contribution in [0, 0.1) is 5.92 Å². The summed E-state index contributed by atoms with van der Waals surface area (Å²) in [6.07, 6.45) is 6.28. The fourth-order valence-corrected chi connectivity index (χ4v) is 2.16. The van der Waals surface area contributed by atoms with E-state index >= 15 is 0 Å². The summed E-state index contributed by atoms with van der Waals surface area (Å²) >= 11 is 0. The molecular formula is C13H24N4O. The van der Waals surface area contributed by atoms with Gasteiger partial charge in [0.15, 0.2) is 0 Å². The summed E-state index contributed by atoms with van der Waals surface area (Å²) in [6.45, 7) is 4.85. The van der Waals surface area contributed by atoms with E-state index in [4.69, 9.17) is 5.73 Å². The lowest BCUT2D eigenvalue weighted by atomic mass is 10.0. The first-order valence-electron chi connectivity index (χ1n) is 6.76. The lowest BCUT2D eigenvalue weighted by Gasteiger charge is -2.26. The minimum absolute atomic E-state index is 0.108. The molecule has 0 aliphatic heterocycles. The van der Waals surface area contributed by atoms with E-state index in [-0.39, 0.29) is 24.6 Å². The molecule has 18 heavy (non-hydrogen) atoms. The highest BCUT2D eigenvalue weighted by Gasteiger charge is 2.28. The summed E-state index contributed by atoms with van der Waals surface area (Å²) in [5.74, 6) is 0.219. The molecule has 102 valence electrons. The molecule has 0 radical (unpaired) electrons. The summed E-state index contributed by atoms with van der Waals surface area (Å²) in [5, 5.41) is 12.7. The molecule has 3 atom stereocenters. The molecule has 1 fully saturated rings. The van der Waals surface area contributed by atoms with Gasteiger partial charge < -0.3 is 20.7 Å². The quantitative estimate of drug-likeness (QED) is 0.671. The Morgan fingerprint density at radius 1 is 1.56 bits per heavy atom. The zero-order valence-electron chi connectivity index (χ0n) is 11.2. The Bertz CT molecular complexity index is 375. The third kappa shape index (κ3) is 2.91. The van der Waals surface area contributed by atoms with Gasteiger partial charge in [-0.1, -0.05) is 6.92 Å². The van der Waals surface area contributed by atoms with Crippen LogP contribution in [0.5, 0.6) is 0 Å². The minimum Gasteiger partial charge on any atom is -0.396 e. The molecule has 1 aliphatic rings. The van der Waals surface area contributed by atoms with Crippen LogP contribution in [0.1, 0.15) is 44.5 Å². The van der Waals surface area contributed by atoms with Gasteiger partial charge >= 0.3 is 0 Å². The van der Waals surface area contributed by atoms with Crippen LogP contribution < -0.4 is 11.1 Å². The van der Waals surface area contributed by atoms with E-state index in [1.165, 1.54) is 12.8 Å². The molecule has 1 saturated carbocycles. The molecule has 4 N–H and O–H groups in total.